The minimum absolute atomic E-state index is 0. The number of aromatic nitrogens is 2. The molecule has 168 valence electrons. The first-order chi connectivity index (χ1) is 13.8. The maximum Gasteiger partial charge on any atom is 0.416 e. The van der Waals surface area contributed by atoms with Crippen molar-refractivity contribution in [2.75, 3.05) is 27.3 Å². The SMILES string of the molecule is CN=C(NCCc1ccc(C(F)(F)F)cc1)NCc1c(C)nn(CCOC)c1C.I. The van der Waals surface area contributed by atoms with E-state index < -0.39 is 11.7 Å². The van der Waals surface area contributed by atoms with Gasteiger partial charge in [0.2, 0.25) is 0 Å². The summed E-state index contributed by atoms with van der Waals surface area (Å²) in [7, 11) is 3.34. The molecule has 6 nitrogen and oxygen atoms in total. The molecule has 0 aliphatic rings. The van der Waals surface area contributed by atoms with Crippen molar-refractivity contribution in [3.05, 3.63) is 52.3 Å². The number of halogens is 4. The molecule has 0 aliphatic carbocycles. The lowest BCUT2D eigenvalue weighted by atomic mass is 10.1. The fourth-order valence-corrected chi connectivity index (χ4v) is 2.96. The van der Waals surface area contributed by atoms with Crippen LogP contribution in [0.3, 0.4) is 0 Å². The van der Waals surface area contributed by atoms with E-state index >= 15 is 0 Å². The first-order valence-corrected chi connectivity index (χ1v) is 9.38. The molecule has 0 radical (unpaired) electrons. The Hall–Kier alpha value is -1.82. The third kappa shape index (κ3) is 7.46. The second kappa shape index (κ2) is 12.1. The van der Waals surface area contributed by atoms with E-state index in [2.05, 4.69) is 20.7 Å². The van der Waals surface area contributed by atoms with Gasteiger partial charge in [0.1, 0.15) is 0 Å². The molecule has 30 heavy (non-hydrogen) atoms. The number of guanidine groups is 1. The number of methoxy groups -OCH3 is 1. The number of nitrogens with zero attached hydrogens (tertiary/aromatic N) is 3. The Morgan fingerprint density at radius 2 is 1.83 bits per heavy atom. The van der Waals surface area contributed by atoms with Crippen molar-refractivity contribution < 1.29 is 17.9 Å². The van der Waals surface area contributed by atoms with Gasteiger partial charge in [-0.1, -0.05) is 12.1 Å². The van der Waals surface area contributed by atoms with E-state index in [0.717, 1.165) is 34.6 Å². The van der Waals surface area contributed by atoms with Gasteiger partial charge in [0.15, 0.2) is 5.96 Å². The van der Waals surface area contributed by atoms with Crippen LogP contribution in [0.2, 0.25) is 0 Å². The van der Waals surface area contributed by atoms with Crippen LogP contribution in [0.25, 0.3) is 0 Å². The van der Waals surface area contributed by atoms with Gasteiger partial charge in [0, 0.05) is 38.5 Å². The van der Waals surface area contributed by atoms with Crippen LogP contribution in [0.5, 0.6) is 0 Å². The fourth-order valence-electron chi connectivity index (χ4n) is 2.96. The van der Waals surface area contributed by atoms with Crippen molar-refractivity contribution in [3.63, 3.8) is 0 Å². The number of hydrogen-bond donors (Lipinski definition) is 2. The zero-order valence-electron chi connectivity index (χ0n) is 17.6. The van der Waals surface area contributed by atoms with Gasteiger partial charge in [-0.25, -0.2) is 0 Å². The van der Waals surface area contributed by atoms with E-state index in [9.17, 15) is 13.2 Å². The Morgan fingerprint density at radius 1 is 1.17 bits per heavy atom. The van der Waals surface area contributed by atoms with Crippen LogP contribution in [0.1, 0.15) is 28.1 Å². The number of rotatable bonds is 8. The Morgan fingerprint density at radius 3 is 2.40 bits per heavy atom. The summed E-state index contributed by atoms with van der Waals surface area (Å²) in [5, 5.41) is 11.0. The molecule has 2 N–H and O–H groups in total. The summed E-state index contributed by atoms with van der Waals surface area (Å²) in [6, 6.07) is 5.22. The Bertz CT molecular complexity index is 819. The highest BCUT2D eigenvalue weighted by Gasteiger charge is 2.29. The molecule has 0 fully saturated rings. The number of nitrogens with one attached hydrogen (secondary N) is 2. The molecule has 10 heteroatoms. The molecule has 0 amide bonds. The molecule has 0 bridgehead atoms. The molecular weight excluding hydrogens is 510 g/mol. The first kappa shape index (κ1) is 26.2. The summed E-state index contributed by atoms with van der Waals surface area (Å²) in [5.74, 6) is 0.625. The van der Waals surface area contributed by atoms with Crippen LogP contribution >= 0.6 is 24.0 Å². The molecule has 0 saturated carbocycles. The normalized spacial score (nSPS) is 11.9. The topological polar surface area (TPSA) is 63.5 Å². The molecular formula is C20H29F3IN5O. The third-order valence-electron chi connectivity index (χ3n) is 4.68. The van der Waals surface area contributed by atoms with E-state index in [1.54, 1.807) is 14.2 Å². The predicted molar refractivity (Wildman–Crippen MR) is 122 cm³/mol. The van der Waals surface area contributed by atoms with E-state index in [1.165, 1.54) is 12.1 Å². The van der Waals surface area contributed by atoms with Crippen molar-refractivity contribution in [2.24, 2.45) is 4.99 Å². The zero-order valence-corrected chi connectivity index (χ0v) is 20.0. The molecule has 1 aromatic carbocycles. The summed E-state index contributed by atoms with van der Waals surface area (Å²) < 4.78 is 44.9. The second-order valence-electron chi connectivity index (χ2n) is 6.66. The van der Waals surface area contributed by atoms with Gasteiger partial charge in [0.25, 0.3) is 0 Å². The molecule has 2 rings (SSSR count). The summed E-state index contributed by atoms with van der Waals surface area (Å²) in [4.78, 5) is 4.19. The number of hydrogen-bond acceptors (Lipinski definition) is 3. The zero-order chi connectivity index (χ0) is 21.4. The highest BCUT2D eigenvalue weighted by molar-refractivity contribution is 14.0. The van der Waals surface area contributed by atoms with Gasteiger partial charge in [-0.2, -0.15) is 18.3 Å². The lowest BCUT2D eigenvalue weighted by Gasteiger charge is -2.13. The summed E-state index contributed by atoms with van der Waals surface area (Å²) in [6.45, 7) is 6.41. The van der Waals surface area contributed by atoms with E-state index in [4.69, 9.17) is 4.74 Å². The van der Waals surface area contributed by atoms with Crippen molar-refractivity contribution >= 4 is 29.9 Å². The fraction of sp³-hybridized carbons (Fsp3) is 0.500. The average Bonchev–Trinajstić information content (AvgIpc) is 2.95. The van der Waals surface area contributed by atoms with Crippen molar-refractivity contribution in [1.29, 1.82) is 0 Å². The monoisotopic (exact) mass is 539 g/mol. The lowest BCUT2D eigenvalue weighted by Crippen LogP contribution is -2.38. The number of alkyl halides is 3. The third-order valence-corrected chi connectivity index (χ3v) is 4.68. The van der Waals surface area contributed by atoms with E-state index in [0.29, 0.717) is 38.6 Å². The maximum atomic E-state index is 12.6. The Kier molecular flexibility index (Phi) is 10.6. The molecule has 0 spiro atoms. The number of ether oxygens (including phenoxy) is 1. The van der Waals surface area contributed by atoms with Crippen molar-refractivity contribution in [2.45, 2.75) is 39.5 Å². The van der Waals surface area contributed by atoms with Crippen LogP contribution in [-0.2, 0) is 30.4 Å². The lowest BCUT2D eigenvalue weighted by molar-refractivity contribution is -0.137. The molecule has 0 aliphatic heterocycles. The van der Waals surface area contributed by atoms with Gasteiger partial charge < -0.3 is 15.4 Å². The van der Waals surface area contributed by atoms with Crippen LogP contribution in [-0.4, -0.2) is 43.0 Å². The Labute approximate surface area is 192 Å². The Balaban J connectivity index is 0.00000450. The quantitative estimate of drug-likeness (QED) is 0.305. The van der Waals surface area contributed by atoms with Crippen molar-refractivity contribution in [1.82, 2.24) is 20.4 Å². The van der Waals surface area contributed by atoms with Crippen LogP contribution in [0.4, 0.5) is 13.2 Å². The first-order valence-electron chi connectivity index (χ1n) is 9.38. The molecule has 1 aromatic heterocycles. The highest BCUT2D eigenvalue weighted by atomic mass is 127. The molecule has 1 heterocycles. The predicted octanol–water partition coefficient (Wildman–Crippen LogP) is 3.69. The smallest absolute Gasteiger partial charge is 0.383 e. The summed E-state index contributed by atoms with van der Waals surface area (Å²) >= 11 is 0. The molecule has 2 aromatic rings. The van der Waals surface area contributed by atoms with E-state index in [1.807, 2.05) is 18.5 Å². The number of aryl methyl sites for hydroxylation is 1. The largest absolute Gasteiger partial charge is 0.416 e. The van der Waals surface area contributed by atoms with Gasteiger partial charge in [-0.05, 0) is 38.0 Å². The van der Waals surface area contributed by atoms with Gasteiger partial charge in [0.05, 0.1) is 24.4 Å². The minimum atomic E-state index is -4.31. The summed E-state index contributed by atoms with van der Waals surface area (Å²) in [5.41, 5.74) is 3.32. The van der Waals surface area contributed by atoms with Gasteiger partial charge >= 0.3 is 6.18 Å². The van der Waals surface area contributed by atoms with Crippen LogP contribution in [0, 0.1) is 13.8 Å². The number of benzene rings is 1. The molecule has 0 saturated heterocycles. The molecule has 0 atom stereocenters. The maximum absolute atomic E-state index is 12.6. The van der Waals surface area contributed by atoms with E-state index in [-0.39, 0.29) is 24.0 Å². The highest BCUT2D eigenvalue weighted by Crippen LogP contribution is 2.29. The van der Waals surface area contributed by atoms with Gasteiger partial charge in [-0.15, -0.1) is 24.0 Å². The number of aliphatic imine (C=N–C) groups is 1. The standard InChI is InChI=1S/C20H28F3N5O.HI/c1-14-18(15(2)28(27-14)11-12-29-4)13-26-19(24-3)25-10-9-16-5-7-17(8-6-16)20(21,22)23;/h5-8H,9-13H2,1-4H3,(H2,24,25,26);1H. The van der Waals surface area contributed by atoms with Crippen LogP contribution < -0.4 is 10.6 Å². The van der Waals surface area contributed by atoms with Crippen molar-refractivity contribution in [3.8, 4) is 0 Å². The summed E-state index contributed by atoms with van der Waals surface area (Å²) in [6.07, 6.45) is -3.72. The average molecular weight is 539 g/mol. The van der Waals surface area contributed by atoms with Gasteiger partial charge in [-0.3, -0.25) is 9.67 Å². The minimum Gasteiger partial charge on any atom is -0.383 e. The second-order valence-corrected chi connectivity index (χ2v) is 6.66. The van der Waals surface area contributed by atoms with Crippen LogP contribution in [0.15, 0.2) is 29.3 Å². The molecule has 0 unspecified atom stereocenters.